The Kier molecular flexibility index (Phi) is 4.43. The number of nitrogens with two attached hydrogens (primary N) is 1. The Bertz CT molecular complexity index is 531. The van der Waals surface area contributed by atoms with E-state index in [1.807, 2.05) is 36.4 Å². The Labute approximate surface area is 120 Å². The minimum absolute atomic E-state index is 0.189. The van der Waals surface area contributed by atoms with Crippen molar-refractivity contribution < 1.29 is 9.84 Å². The second-order valence-corrected chi connectivity index (χ2v) is 5.16. The van der Waals surface area contributed by atoms with E-state index >= 15 is 0 Å². The summed E-state index contributed by atoms with van der Waals surface area (Å²) in [6.07, 6.45) is -0.718. The molecule has 0 fully saturated rings. The van der Waals surface area contributed by atoms with Crippen LogP contribution in [0, 0.1) is 3.57 Å². The average Bonchev–Trinajstić information content (AvgIpc) is 2.37. The standard InChI is InChI=1S/C14H14INO2/c15-10-4-3-5-11(8-10)18-9-14(17)12-6-1-2-7-13(12)16/h1-8,14,17H,9,16H2. The molecule has 0 saturated carbocycles. The highest BCUT2D eigenvalue weighted by Crippen LogP contribution is 2.22. The highest BCUT2D eigenvalue weighted by molar-refractivity contribution is 14.1. The molecule has 18 heavy (non-hydrogen) atoms. The van der Waals surface area contributed by atoms with E-state index in [1.54, 1.807) is 12.1 Å². The molecule has 0 heterocycles. The van der Waals surface area contributed by atoms with Crippen LogP contribution in [0.4, 0.5) is 5.69 Å². The van der Waals surface area contributed by atoms with Gasteiger partial charge in [-0.1, -0.05) is 24.3 Å². The maximum absolute atomic E-state index is 10.0. The number of benzene rings is 2. The summed E-state index contributed by atoms with van der Waals surface area (Å²) in [7, 11) is 0. The Hall–Kier alpha value is -1.27. The van der Waals surface area contributed by atoms with Crippen LogP contribution in [0.1, 0.15) is 11.7 Å². The lowest BCUT2D eigenvalue weighted by molar-refractivity contribution is 0.109. The van der Waals surface area contributed by atoms with E-state index in [0.29, 0.717) is 11.3 Å². The highest BCUT2D eigenvalue weighted by Gasteiger charge is 2.11. The van der Waals surface area contributed by atoms with E-state index in [2.05, 4.69) is 22.6 Å². The van der Waals surface area contributed by atoms with Crippen molar-refractivity contribution in [3.05, 3.63) is 57.7 Å². The molecule has 0 saturated heterocycles. The van der Waals surface area contributed by atoms with Crippen molar-refractivity contribution in [2.45, 2.75) is 6.10 Å². The van der Waals surface area contributed by atoms with Crippen molar-refractivity contribution in [1.82, 2.24) is 0 Å². The van der Waals surface area contributed by atoms with Gasteiger partial charge in [0.2, 0.25) is 0 Å². The number of aliphatic hydroxyl groups excluding tert-OH is 1. The average molecular weight is 355 g/mol. The van der Waals surface area contributed by atoms with Gasteiger partial charge >= 0.3 is 0 Å². The zero-order valence-corrected chi connectivity index (χ0v) is 11.9. The smallest absolute Gasteiger partial charge is 0.120 e. The summed E-state index contributed by atoms with van der Waals surface area (Å²) < 4.78 is 6.64. The molecular weight excluding hydrogens is 341 g/mol. The zero-order chi connectivity index (χ0) is 13.0. The van der Waals surface area contributed by atoms with Gasteiger partial charge in [0.25, 0.3) is 0 Å². The molecule has 0 aliphatic rings. The fourth-order valence-corrected chi connectivity index (χ4v) is 2.15. The molecule has 0 bridgehead atoms. The molecule has 0 radical (unpaired) electrons. The molecule has 94 valence electrons. The van der Waals surface area contributed by atoms with Crippen LogP contribution in [0.2, 0.25) is 0 Å². The molecule has 0 spiro atoms. The third-order valence-electron chi connectivity index (χ3n) is 2.56. The molecule has 2 rings (SSSR count). The Morgan fingerprint density at radius 3 is 2.67 bits per heavy atom. The van der Waals surface area contributed by atoms with E-state index in [-0.39, 0.29) is 6.61 Å². The van der Waals surface area contributed by atoms with Gasteiger partial charge in [0.05, 0.1) is 0 Å². The Balaban J connectivity index is 2.00. The van der Waals surface area contributed by atoms with Crippen molar-refractivity contribution in [3.8, 4) is 5.75 Å². The third-order valence-corrected chi connectivity index (χ3v) is 3.23. The molecule has 1 atom stereocenters. The maximum Gasteiger partial charge on any atom is 0.120 e. The molecule has 0 aliphatic heterocycles. The molecule has 0 aromatic heterocycles. The van der Waals surface area contributed by atoms with Crippen LogP contribution in [0.3, 0.4) is 0 Å². The molecule has 3 N–H and O–H groups in total. The van der Waals surface area contributed by atoms with E-state index < -0.39 is 6.10 Å². The van der Waals surface area contributed by atoms with Crippen molar-refractivity contribution >= 4 is 28.3 Å². The molecule has 4 heteroatoms. The lowest BCUT2D eigenvalue weighted by atomic mass is 10.1. The van der Waals surface area contributed by atoms with E-state index in [0.717, 1.165) is 9.32 Å². The fourth-order valence-electron chi connectivity index (χ4n) is 1.64. The van der Waals surface area contributed by atoms with Crippen LogP contribution in [-0.4, -0.2) is 11.7 Å². The molecule has 1 unspecified atom stereocenters. The molecule has 2 aromatic rings. The van der Waals surface area contributed by atoms with Gasteiger partial charge in [0, 0.05) is 14.8 Å². The van der Waals surface area contributed by atoms with Gasteiger partial charge in [0.15, 0.2) is 0 Å². The van der Waals surface area contributed by atoms with Crippen LogP contribution < -0.4 is 10.5 Å². The second kappa shape index (κ2) is 6.06. The number of para-hydroxylation sites is 1. The predicted molar refractivity (Wildman–Crippen MR) is 80.5 cm³/mol. The van der Waals surface area contributed by atoms with Gasteiger partial charge in [0.1, 0.15) is 18.5 Å². The topological polar surface area (TPSA) is 55.5 Å². The lowest BCUT2D eigenvalue weighted by Gasteiger charge is -2.14. The van der Waals surface area contributed by atoms with Crippen molar-refractivity contribution in [1.29, 1.82) is 0 Å². The van der Waals surface area contributed by atoms with Crippen LogP contribution in [0.25, 0.3) is 0 Å². The number of ether oxygens (including phenoxy) is 1. The third kappa shape index (κ3) is 3.36. The van der Waals surface area contributed by atoms with Gasteiger partial charge < -0.3 is 15.6 Å². The fraction of sp³-hybridized carbons (Fsp3) is 0.143. The molecule has 3 nitrogen and oxygen atoms in total. The van der Waals surface area contributed by atoms with E-state index in [1.165, 1.54) is 0 Å². The summed E-state index contributed by atoms with van der Waals surface area (Å²) in [4.78, 5) is 0. The first-order chi connectivity index (χ1) is 8.66. The van der Waals surface area contributed by atoms with Gasteiger partial charge in [-0.3, -0.25) is 0 Å². The second-order valence-electron chi connectivity index (χ2n) is 3.91. The SMILES string of the molecule is Nc1ccccc1C(O)COc1cccc(I)c1. The zero-order valence-electron chi connectivity index (χ0n) is 9.71. The number of nitrogen functional groups attached to an aromatic ring is 1. The quantitative estimate of drug-likeness (QED) is 0.655. The summed E-state index contributed by atoms with van der Waals surface area (Å²) in [5, 5.41) is 10.0. The summed E-state index contributed by atoms with van der Waals surface area (Å²) >= 11 is 2.22. The number of halogens is 1. The highest BCUT2D eigenvalue weighted by atomic mass is 127. The molecule has 0 aliphatic carbocycles. The minimum atomic E-state index is -0.718. The molecule has 2 aromatic carbocycles. The van der Waals surface area contributed by atoms with Gasteiger partial charge in [-0.25, -0.2) is 0 Å². The van der Waals surface area contributed by atoms with E-state index in [4.69, 9.17) is 10.5 Å². The molecular formula is C14H14INO2. The first-order valence-electron chi connectivity index (χ1n) is 5.57. The van der Waals surface area contributed by atoms with Crippen molar-refractivity contribution in [2.75, 3.05) is 12.3 Å². The minimum Gasteiger partial charge on any atom is -0.490 e. The number of rotatable bonds is 4. The van der Waals surface area contributed by atoms with Gasteiger partial charge in [-0.15, -0.1) is 0 Å². The summed E-state index contributed by atoms with van der Waals surface area (Å²) in [6, 6.07) is 14.9. The lowest BCUT2D eigenvalue weighted by Crippen LogP contribution is -2.11. The number of aliphatic hydroxyl groups is 1. The number of hydrogen-bond donors (Lipinski definition) is 2. The maximum atomic E-state index is 10.0. The number of hydrogen-bond acceptors (Lipinski definition) is 3. The first-order valence-corrected chi connectivity index (χ1v) is 6.65. The summed E-state index contributed by atoms with van der Waals surface area (Å²) in [6.45, 7) is 0.189. The van der Waals surface area contributed by atoms with Crippen molar-refractivity contribution in [3.63, 3.8) is 0 Å². The summed E-state index contributed by atoms with van der Waals surface area (Å²) in [5.41, 5.74) is 7.07. The van der Waals surface area contributed by atoms with Crippen LogP contribution >= 0.6 is 22.6 Å². The van der Waals surface area contributed by atoms with E-state index in [9.17, 15) is 5.11 Å². The summed E-state index contributed by atoms with van der Waals surface area (Å²) in [5.74, 6) is 0.746. The Morgan fingerprint density at radius 2 is 1.94 bits per heavy atom. The molecule has 0 amide bonds. The van der Waals surface area contributed by atoms with Crippen molar-refractivity contribution in [2.24, 2.45) is 0 Å². The van der Waals surface area contributed by atoms with Gasteiger partial charge in [-0.05, 0) is 46.9 Å². The predicted octanol–water partition coefficient (Wildman–Crippen LogP) is 2.99. The monoisotopic (exact) mass is 355 g/mol. The first kappa shape index (κ1) is 13.2. The van der Waals surface area contributed by atoms with Gasteiger partial charge in [-0.2, -0.15) is 0 Å². The van der Waals surface area contributed by atoms with Crippen LogP contribution in [0.5, 0.6) is 5.75 Å². The normalized spacial score (nSPS) is 12.1. The largest absolute Gasteiger partial charge is 0.490 e. The van der Waals surface area contributed by atoms with Crippen LogP contribution in [-0.2, 0) is 0 Å². The Morgan fingerprint density at radius 1 is 1.17 bits per heavy atom. The van der Waals surface area contributed by atoms with Crippen LogP contribution in [0.15, 0.2) is 48.5 Å². The number of anilines is 1.